The molecule has 1 saturated carbocycles. The van der Waals surface area contributed by atoms with E-state index in [4.69, 9.17) is 0 Å². The van der Waals surface area contributed by atoms with E-state index in [0.717, 1.165) is 18.4 Å². The summed E-state index contributed by atoms with van der Waals surface area (Å²) in [5.74, 6) is 0.607. The number of hydrogen-bond acceptors (Lipinski definition) is 1. The zero-order valence-corrected chi connectivity index (χ0v) is 9.12. The third kappa shape index (κ3) is 2.01. The van der Waals surface area contributed by atoms with Gasteiger partial charge in [-0.05, 0) is 35.5 Å². The van der Waals surface area contributed by atoms with Crippen molar-refractivity contribution in [2.45, 2.75) is 32.1 Å². The summed E-state index contributed by atoms with van der Waals surface area (Å²) >= 11 is 0. The van der Waals surface area contributed by atoms with Crippen molar-refractivity contribution in [3.05, 3.63) is 47.5 Å². The molecule has 1 atom stereocenters. The molecular formula is C14H16O. The van der Waals surface area contributed by atoms with E-state index in [-0.39, 0.29) is 5.78 Å². The lowest BCUT2D eigenvalue weighted by atomic mass is 9.96. The van der Waals surface area contributed by atoms with Gasteiger partial charge in [0.05, 0.1) is 0 Å². The molecule has 2 rings (SSSR count). The number of carbonyl (C=O) groups excluding carboxylic acids is 1. The highest BCUT2D eigenvalue weighted by atomic mass is 16.1. The molecule has 1 heteroatoms. The van der Waals surface area contributed by atoms with Crippen LogP contribution < -0.4 is 0 Å². The minimum atomic E-state index is 0.236. The molecule has 0 bridgehead atoms. The van der Waals surface area contributed by atoms with Crippen LogP contribution in [0, 0.1) is 0 Å². The molecule has 1 aromatic carbocycles. The van der Waals surface area contributed by atoms with E-state index in [1.165, 1.54) is 11.1 Å². The lowest BCUT2D eigenvalue weighted by Gasteiger charge is -2.08. The van der Waals surface area contributed by atoms with Crippen molar-refractivity contribution in [1.82, 2.24) is 0 Å². The van der Waals surface area contributed by atoms with Gasteiger partial charge in [0.15, 0.2) is 5.78 Å². The Labute approximate surface area is 90.8 Å². The Morgan fingerprint density at radius 2 is 1.93 bits per heavy atom. The molecule has 0 N–H and O–H groups in total. The van der Waals surface area contributed by atoms with Crippen LogP contribution in [0.3, 0.4) is 0 Å². The Bertz CT molecular complexity index is 370. The number of hydrogen-bond donors (Lipinski definition) is 0. The molecule has 1 aliphatic rings. The Morgan fingerprint density at radius 1 is 1.27 bits per heavy atom. The van der Waals surface area contributed by atoms with Gasteiger partial charge in [-0.1, -0.05) is 37.8 Å². The summed E-state index contributed by atoms with van der Waals surface area (Å²) in [5, 5.41) is 0. The minimum absolute atomic E-state index is 0.236. The molecule has 1 fully saturated rings. The first-order chi connectivity index (χ1) is 7.20. The SMILES string of the molecule is C=C1CC(c2ccc(CC)cc2)CC1=O. The molecular weight excluding hydrogens is 184 g/mol. The lowest BCUT2D eigenvalue weighted by molar-refractivity contribution is -0.114. The van der Waals surface area contributed by atoms with Crippen LogP contribution in [0.1, 0.15) is 36.8 Å². The molecule has 78 valence electrons. The van der Waals surface area contributed by atoms with Crippen LogP contribution in [-0.2, 0) is 11.2 Å². The molecule has 0 saturated heterocycles. The highest BCUT2D eigenvalue weighted by molar-refractivity contribution is 5.97. The number of rotatable bonds is 2. The summed E-state index contributed by atoms with van der Waals surface area (Å²) in [6, 6.07) is 8.60. The van der Waals surface area contributed by atoms with E-state index >= 15 is 0 Å². The van der Waals surface area contributed by atoms with Gasteiger partial charge in [-0.3, -0.25) is 4.79 Å². The van der Waals surface area contributed by atoms with Gasteiger partial charge in [-0.25, -0.2) is 0 Å². The van der Waals surface area contributed by atoms with Crippen molar-refractivity contribution in [3.63, 3.8) is 0 Å². The van der Waals surface area contributed by atoms with Gasteiger partial charge in [-0.2, -0.15) is 0 Å². The standard InChI is InChI=1S/C14H16O/c1-3-11-4-6-12(7-5-11)13-8-10(2)14(15)9-13/h4-7,13H,2-3,8-9H2,1H3. The summed E-state index contributed by atoms with van der Waals surface area (Å²) in [6.07, 6.45) is 2.55. The number of benzene rings is 1. The molecule has 0 aromatic heterocycles. The first-order valence-electron chi connectivity index (χ1n) is 5.50. The normalized spacial score (nSPS) is 21.0. The summed E-state index contributed by atoms with van der Waals surface area (Å²) in [6.45, 7) is 5.94. The first-order valence-corrected chi connectivity index (χ1v) is 5.50. The summed E-state index contributed by atoms with van der Waals surface area (Å²) in [7, 11) is 0. The molecule has 0 amide bonds. The molecule has 0 spiro atoms. The van der Waals surface area contributed by atoms with Gasteiger partial charge in [0, 0.05) is 6.42 Å². The monoisotopic (exact) mass is 200 g/mol. The zero-order valence-electron chi connectivity index (χ0n) is 9.12. The summed E-state index contributed by atoms with van der Waals surface area (Å²) in [5.41, 5.74) is 3.42. The second kappa shape index (κ2) is 4.01. The number of Topliss-reactive ketones (excluding diaryl/α,β-unsaturated/α-hetero) is 1. The number of allylic oxidation sites excluding steroid dienone is 1. The van der Waals surface area contributed by atoms with Crippen molar-refractivity contribution in [3.8, 4) is 0 Å². The predicted molar refractivity (Wildman–Crippen MR) is 61.9 cm³/mol. The topological polar surface area (TPSA) is 17.1 Å². The quantitative estimate of drug-likeness (QED) is 0.670. The molecule has 1 aromatic rings. The van der Waals surface area contributed by atoms with E-state index in [2.05, 4.69) is 37.8 Å². The average molecular weight is 200 g/mol. The van der Waals surface area contributed by atoms with Gasteiger partial charge < -0.3 is 0 Å². The number of aryl methyl sites for hydroxylation is 1. The fourth-order valence-electron chi connectivity index (χ4n) is 2.11. The Morgan fingerprint density at radius 3 is 2.40 bits per heavy atom. The van der Waals surface area contributed by atoms with Crippen LogP contribution in [-0.4, -0.2) is 5.78 Å². The molecule has 1 unspecified atom stereocenters. The zero-order chi connectivity index (χ0) is 10.8. The molecule has 15 heavy (non-hydrogen) atoms. The van der Waals surface area contributed by atoms with Crippen molar-refractivity contribution in [1.29, 1.82) is 0 Å². The summed E-state index contributed by atoms with van der Waals surface area (Å²) < 4.78 is 0. The van der Waals surface area contributed by atoms with E-state index in [9.17, 15) is 4.79 Å². The highest BCUT2D eigenvalue weighted by Gasteiger charge is 2.26. The van der Waals surface area contributed by atoms with E-state index in [1.807, 2.05) is 0 Å². The van der Waals surface area contributed by atoms with E-state index in [1.54, 1.807) is 0 Å². The largest absolute Gasteiger partial charge is 0.295 e. The van der Waals surface area contributed by atoms with Gasteiger partial charge in [0.25, 0.3) is 0 Å². The average Bonchev–Trinajstić information content (AvgIpc) is 2.59. The Kier molecular flexibility index (Phi) is 2.72. The minimum Gasteiger partial charge on any atom is -0.295 e. The van der Waals surface area contributed by atoms with Crippen LogP contribution in [0.2, 0.25) is 0 Å². The maximum absolute atomic E-state index is 11.4. The van der Waals surface area contributed by atoms with E-state index < -0.39 is 0 Å². The van der Waals surface area contributed by atoms with Crippen molar-refractivity contribution < 1.29 is 4.79 Å². The smallest absolute Gasteiger partial charge is 0.158 e. The third-order valence-corrected chi connectivity index (χ3v) is 3.18. The van der Waals surface area contributed by atoms with E-state index in [0.29, 0.717) is 12.3 Å². The van der Waals surface area contributed by atoms with Crippen LogP contribution in [0.5, 0.6) is 0 Å². The lowest BCUT2D eigenvalue weighted by Crippen LogP contribution is -1.94. The van der Waals surface area contributed by atoms with Gasteiger partial charge >= 0.3 is 0 Å². The Balaban J connectivity index is 2.17. The fraction of sp³-hybridized carbons (Fsp3) is 0.357. The van der Waals surface area contributed by atoms with Crippen molar-refractivity contribution in [2.24, 2.45) is 0 Å². The Hall–Kier alpha value is -1.37. The fourth-order valence-corrected chi connectivity index (χ4v) is 2.11. The van der Waals surface area contributed by atoms with Crippen LogP contribution >= 0.6 is 0 Å². The number of carbonyl (C=O) groups is 1. The highest BCUT2D eigenvalue weighted by Crippen LogP contribution is 2.34. The number of ketones is 1. The molecule has 0 aliphatic heterocycles. The maximum Gasteiger partial charge on any atom is 0.158 e. The molecule has 0 radical (unpaired) electrons. The van der Waals surface area contributed by atoms with Crippen LogP contribution in [0.15, 0.2) is 36.4 Å². The predicted octanol–water partition coefficient (Wildman–Crippen LogP) is 3.25. The first kappa shape index (κ1) is 10.2. The third-order valence-electron chi connectivity index (χ3n) is 3.18. The van der Waals surface area contributed by atoms with Crippen LogP contribution in [0.25, 0.3) is 0 Å². The van der Waals surface area contributed by atoms with Gasteiger partial charge in [-0.15, -0.1) is 0 Å². The van der Waals surface area contributed by atoms with Crippen LogP contribution in [0.4, 0.5) is 0 Å². The molecule has 1 aliphatic carbocycles. The second-order valence-corrected chi connectivity index (χ2v) is 4.23. The van der Waals surface area contributed by atoms with Crippen molar-refractivity contribution in [2.75, 3.05) is 0 Å². The maximum atomic E-state index is 11.4. The second-order valence-electron chi connectivity index (χ2n) is 4.23. The van der Waals surface area contributed by atoms with Crippen molar-refractivity contribution >= 4 is 5.78 Å². The van der Waals surface area contributed by atoms with Gasteiger partial charge in [0.2, 0.25) is 0 Å². The summed E-state index contributed by atoms with van der Waals surface area (Å²) in [4.78, 5) is 11.4. The molecule has 1 nitrogen and oxygen atoms in total. The van der Waals surface area contributed by atoms with Gasteiger partial charge in [0.1, 0.15) is 0 Å². The molecule has 0 heterocycles.